The molecule has 0 bridgehead atoms. The van der Waals surface area contributed by atoms with Crippen molar-refractivity contribution in [2.45, 2.75) is 24.5 Å². The van der Waals surface area contributed by atoms with E-state index in [9.17, 15) is 13.6 Å². The summed E-state index contributed by atoms with van der Waals surface area (Å²) < 4.78 is 34.4. The van der Waals surface area contributed by atoms with Crippen LogP contribution in [0.1, 0.15) is 15.2 Å². The Balaban J connectivity index is 1.47. The van der Waals surface area contributed by atoms with Crippen molar-refractivity contribution in [2.24, 2.45) is 0 Å². The van der Waals surface area contributed by atoms with Crippen LogP contribution in [-0.4, -0.2) is 78.9 Å². The van der Waals surface area contributed by atoms with Crippen LogP contribution in [0.4, 0.5) is 14.5 Å². The number of rotatable bonds is 4. The molecule has 0 aliphatic carbocycles. The van der Waals surface area contributed by atoms with E-state index >= 15 is 0 Å². The molecule has 3 aliphatic heterocycles. The lowest BCUT2D eigenvalue weighted by Gasteiger charge is -2.41. The van der Waals surface area contributed by atoms with Gasteiger partial charge in [-0.25, -0.2) is 8.78 Å². The summed E-state index contributed by atoms with van der Waals surface area (Å²) in [5.41, 5.74) is 1.96. The summed E-state index contributed by atoms with van der Waals surface area (Å²) in [6.45, 7) is 2.25. The Bertz CT molecular complexity index is 894. The Labute approximate surface area is 164 Å². The third-order valence-electron chi connectivity index (χ3n) is 5.63. The second-order valence-corrected chi connectivity index (χ2v) is 8.75. The van der Waals surface area contributed by atoms with Gasteiger partial charge in [0.05, 0.1) is 30.6 Å². The molecule has 7 nitrogen and oxygen atoms in total. The average molecular weight is 409 g/mol. The lowest BCUT2D eigenvalue weighted by atomic mass is 9.97. The molecule has 1 amide bonds. The lowest BCUT2D eigenvalue weighted by Crippen LogP contribution is -2.58. The number of H-pyrrole nitrogens is 1. The number of carbonyl (C=O) groups excluding carboxylic acids is 1. The molecule has 2 N–H and O–H groups in total. The van der Waals surface area contributed by atoms with Crippen molar-refractivity contribution in [2.75, 3.05) is 44.7 Å². The first-order valence-electron chi connectivity index (χ1n) is 9.27. The first kappa shape index (κ1) is 18.0. The number of aromatic nitrogens is 2. The van der Waals surface area contributed by atoms with Crippen molar-refractivity contribution in [1.29, 1.82) is 0 Å². The Morgan fingerprint density at radius 1 is 1.36 bits per heavy atom. The van der Waals surface area contributed by atoms with Crippen molar-refractivity contribution in [3.63, 3.8) is 0 Å². The topological polar surface area (TPSA) is 73.5 Å². The summed E-state index contributed by atoms with van der Waals surface area (Å²) in [4.78, 5) is 18.0. The SMILES string of the molecule is COC1CN(C[C@H]2CN3CC(F)(F)Cc4c(-c5cn[nH]c5)sc(c43)C(=O)N2)C1. The molecule has 5 heterocycles. The van der Waals surface area contributed by atoms with Crippen molar-refractivity contribution in [3.05, 3.63) is 22.8 Å². The highest BCUT2D eigenvalue weighted by molar-refractivity contribution is 7.18. The molecular formula is C18H21F2N5O2S. The Morgan fingerprint density at radius 2 is 2.18 bits per heavy atom. The van der Waals surface area contributed by atoms with E-state index in [1.54, 1.807) is 24.4 Å². The normalized spacial score (nSPS) is 24.5. The third kappa shape index (κ3) is 2.99. The Hall–Kier alpha value is -2.04. The zero-order valence-electron chi connectivity index (χ0n) is 15.4. The van der Waals surface area contributed by atoms with Gasteiger partial charge in [-0.1, -0.05) is 0 Å². The van der Waals surface area contributed by atoms with Gasteiger partial charge in [0.15, 0.2) is 0 Å². The fraction of sp³-hybridized carbons (Fsp3) is 0.556. The number of nitrogens with zero attached hydrogens (tertiary/aromatic N) is 3. The molecule has 2 aromatic heterocycles. The standard InChI is InChI=1S/C18H21F2N5O2S/c1-27-12-7-24(8-12)5-11-6-25-9-18(19,20)2-13-14(25)16(17(26)23-11)28-15(13)10-3-21-22-4-10/h3-4,11-12H,2,5-9H2,1H3,(H,21,22)(H,23,26)/t11-/m0/s1. The van der Waals surface area contributed by atoms with Crippen LogP contribution >= 0.6 is 11.3 Å². The summed E-state index contributed by atoms with van der Waals surface area (Å²) in [6.07, 6.45) is 3.15. The van der Waals surface area contributed by atoms with Crippen LogP contribution in [-0.2, 0) is 11.2 Å². The number of aromatic amines is 1. The van der Waals surface area contributed by atoms with Gasteiger partial charge in [-0.15, -0.1) is 11.3 Å². The summed E-state index contributed by atoms with van der Waals surface area (Å²) in [7, 11) is 1.68. The fourth-order valence-electron chi connectivity index (χ4n) is 4.34. The number of likely N-dealkylation sites (tertiary alicyclic amines) is 1. The fourth-order valence-corrected chi connectivity index (χ4v) is 5.57. The van der Waals surface area contributed by atoms with Crippen LogP contribution in [0, 0.1) is 0 Å². The predicted octanol–water partition coefficient (Wildman–Crippen LogP) is 1.58. The van der Waals surface area contributed by atoms with Crippen LogP contribution in [0.15, 0.2) is 12.4 Å². The van der Waals surface area contributed by atoms with Gasteiger partial charge in [-0.3, -0.25) is 14.8 Å². The van der Waals surface area contributed by atoms with Gasteiger partial charge in [0.25, 0.3) is 11.8 Å². The highest BCUT2D eigenvalue weighted by Crippen LogP contribution is 2.48. The number of methoxy groups -OCH3 is 1. The number of halogens is 2. The molecule has 1 fully saturated rings. The smallest absolute Gasteiger partial charge is 0.269 e. The van der Waals surface area contributed by atoms with Crippen LogP contribution in [0.5, 0.6) is 0 Å². The van der Waals surface area contributed by atoms with E-state index in [2.05, 4.69) is 20.4 Å². The molecule has 0 saturated carbocycles. The summed E-state index contributed by atoms with van der Waals surface area (Å²) in [6, 6.07) is -0.205. The minimum atomic E-state index is -2.83. The molecule has 3 aliphatic rings. The Kier molecular flexibility index (Phi) is 4.18. The van der Waals surface area contributed by atoms with E-state index in [1.807, 2.05) is 0 Å². The largest absolute Gasteiger partial charge is 0.379 e. The van der Waals surface area contributed by atoms with Crippen molar-refractivity contribution < 1.29 is 18.3 Å². The number of amides is 1. The molecule has 150 valence electrons. The van der Waals surface area contributed by atoms with E-state index in [1.165, 1.54) is 11.3 Å². The van der Waals surface area contributed by atoms with Gasteiger partial charge in [0.1, 0.15) is 4.88 Å². The second kappa shape index (κ2) is 6.50. The van der Waals surface area contributed by atoms with Crippen molar-refractivity contribution in [3.8, 4) is 10.4 Å². The monoisotopic (exact) mass is 409 g/mol. The first-order valence-corrected chi connectivity index (χ1v) is 10.1. The maximum Gasteiger partial charge on any atom is 0.269 e. The summed E-state index contributed by atoms with van der Waals surface area (Å²) in [5.74, 6) is -3.02. The van der Waals surface area contributed by atoms with Gasteiger partial charge >= 0.3 is 0 Å². The van der Waals surface area contributed by atoms with E-state index in [0.717, 1.165) is 18.7 Å². The number of alkyl halides is 2. The zero-order chi connectivity index (χ0) is 19.5. The van der Waals surface area contributed by atoms with Crippen molar-refractivity contribution in [1.82, 2.24) is 20.4 Å². The van der Waals surface area contributed by atoms with Crippen LogP contribution < -0.4 is 10.2 Å². The number of ether oxygens (including phenoxy) is 1. The number of thiophene rings is 1. The minimum Gasteiger partial charge on any atom is -0.379 e. The van der Waals surface area contributed by atoms with E-state index in [-0.39, 0.29) is 31.0 Å². The van der Waals surface area contributed by atoms with Crippen LogP contribution in [0.3, 0.4) is 0 Å². The van der Waals surface area contributed by atoms with Gasteiger partial charge in [0, 0.05) is 61.9 Å². The van der Waals surface area contributed by atoms with Gasteiger partial charge in [0.2, 0.25) is 0 Å². The molecule has 0 unspecified atom stereocenters. The second-order valence-electron chi connectivity index (χ2n) is 7.73. The highest BCUT2D eigenvalue weighted by Gasteiger charge is 2.45. The highest BCUT2D eigenvalue weighted by atomic mass is 32.1. The maximum absolute atomic E-state index is 14.6. The van der Waals surface area contributed by atoms with Crippen LogP contribution in [0.25, 0.3) is 10.4 Å². The number of hydrogen-bond donors (Lipinski definition) is 2. The molecule has 5 rings (SSSR count). The Morgan fingerprint density at radius 3 is 2.89 bits per heavy atom. The third-order valence-corrected chi connectivity index (χ3v) is 6.90. The molecule has 10 heteroatoms. The average Bonchev–Trinajstić information content (AvgIpc) is 3.21. The molecule has 2 aromatic rings. The molecule has 28 heavy (non-hydrogen) atoms. The lowest BCUT2D eigenvalue weighted by molar-refractivity contribution is -0.0326. The zero-order valence-corrected chi connectivity index (χ0v) is 16.2. The van der Waals surface area contributed by atoms with Crippen LogP contribution in [0.2, 0.25) is 0 Å². The minimum absolute atomic E-state index is 0.183. The quantitative estimate of drug-likeness (QED) is 0.802. The van der Waals surface area contributed by atoms with Gasteiger partial charge in [-0.05, 0) is 0 Å². The molecule has 0 radical (unpaired) electrons. The molecule has 0 spiro atoms. The number of hydrogen-bond acceptors (Lipinski definition) is 6. The summed E-state index contributed by atoms with van der Waals surface area (Å²) >= 11 is 1.27. The number of carbonyl (C=O) groups is 1. The molecule has 0 aromatic carbocycles. The molecule has 1 saturated heterocycles. The van der Waals surface area contributed by atoms with Crippen molar-refractivity contribution >= 4 is 22.9 Å². The summed E-state index contributed by atoms with van der Waals surface area (Å²) in [5, 5.41) is 9.70. The van der Waals surface area contributed by atoms with E-state index < -0.39 is 5.92 Å². The van der Waals surface area contributed by atoms with Gasteiger partial charge in [-0.2, -0.15) is 5.10 Å². The number of anilines is 1. The predicted molar refractivity (Wildman–Crippen MR) is 101 cm³/mol. The maximum atomic E-state index is 14.6. The molecule has 1 atom stereocenters. The first-order chi connectivity index (χ1) is 13.4. The molecular weight excluding hydrogens is 388 g/mol. The van der Waals surface area contributed by atoms with Gasteiger partial charge < -0.3 is 15.0 Å². The number of nitrogens with one attached hydrogen (secondary N) is 2. The van der Waals surface area contributed by atoms with E-state index in [0.29, 0.717) is 34.1 Å². The van der Waals surface area contributed by atoms with E-state index in [4.69, 9.17) is 4.74 Å².